The summed E-state index contributed by atoms with van der Waals surface area (Å²) < 4.78 is 11.3. The lowest BCUT2D eigenvalue weighted by atomic mass is 9.99. The maximum Gasteiger partial charge on any atom is 0.124 e. The van der Waals surface area contributed by atoms with Crippen LogP contribution in [0.5, 0.6) is 11.5 Å². The summed E-state index contributed by atoms with van der Waals surface area (Å²) in [5.41, 5.74) is 1.21. The first-order valence-electron chi connectivity index (χ1n) is 6.65. The number of methoxy groups -OCH3 is 1. The average molecular weight is 281 g/mol. The lowest BCUT2D eigenvalue weighted by Crippen LogP contribution is -2.36. The summed E-state index contributed by atoms with van der Waals surface area (Å²) in [6.45, 7) is 6.28. The zero-order valence-electron chi connectivity index (χ0n) is 12.2. The molecule has 1 atom stereocenters. The maximum atomic E-state index is 5.71. The molecule has 0 spiro atoms. The molecule has 2 rings (SSSR count). The molecule has 0 aromatic heterocycles. The topological polar surface area (TPSA) is 30.5 Å². The molecule has 0 fully saturated rings. The van der Waals surface area contributed by atoms with Crippen LogP contribution in [0.25, 0.3) is 0 Å². The molecule has 1 heterocycles. The average Bonchev–Trinajstić information content (AvgIpc) is 2.44. The van der Waals surface area contributed by atoms with Gasteiger partial charge in [0.05, 0.1) is 13.7 Å². The molecule has 1 aromatic carbocycles. The summed E-state index contributed by atoms with van der Waals surface area (Å²) >= 11 is 1.89. The van der Waals surface area contributed by atoms with E-state index >= 15 is 0 Å². The highest BCUT2D eigenvalue weighted by Gasteiger charge is 2.24. The number of thioether (sulfide) groups is 1. The normalized spacial score (nSPS) is 18.6. The van der Waals surface area contributed by atoms with Gasteiger partial charge in [0.1, 0.15) is 11.5 Å². The van der Waals surface area contributed by atoms with Crippen molar-refractivity contribution in [2.75, 3.05) is 26.5 Å². The van der Waals surface area contributed by atoms with Crippen molar-refractivity contribution in [1.82, 2.24) is 5.32 Å². The largest absolute Gasteiger partial charge is 0.497 e. The van der Waals surface area contributed by atoms with E-state index < -0.39 is 0 Å². The van der Waals surface area contributed by atoms with Gasteiger partial charge < -0.3 is 14.8 Å². The molecular formula is C15H23NO2S. The van der Waals surface area contributed by atoms with Crippen LogP contribution in [0.2, 0.25) is 0 Å². The van der Waals surface area contributed by atoms with E-state index in [-0.39, 0.29) is 4.75 Å². The molecule has 0 radical (unpaired) electrons. The Bertz CT molecular complexity index is 434. The maximum absolute atomic E-state index is 5.71. The predicted molar refractivity (Wildman–Crippen MR) is 81.4 cm³/mol. The van der Waals surface area contributed by atoms with Crippen molar-refractivity contribution in [1.29, 1.82) is 0 Å². The fourth-order valence-electron chi connectivity index (χ4n) is 2.15. The molecule has 0 saturated carbocycles. The van der Waals surface area contributed by atoms with Gasteiger partial charge in [-0.15, -0.1) is 0 Å². The van der Waals surface area contributed by atoms with Gasteiger partial charge in [-0.05, 0) is 38.3 Å². The predicted octanol–water partition coefficient (Wildman–Crippen LogP) is 3.25. The van der Waals surface area contributed by atoms with Crippen LogP contribution in [0.15, 0.2) is 18.2 Å². The van der Waals surface area contributed by atoms with Gasteiger partial charge in [-0.25, -0.2) is 0 Å². The van der Waals surface area contributed by atoms with E-state index in [1.54, 1.807) is 7.11 Å². The molecule has 1 aliphatic heterocycles. The number of fused-ring (bicyclic) bond motifs is 1. The molecule has 1 aliphatic rings. The smallest absolute Gasteiger partial charge is 0.124 e. The van der Waals surface area contributed by atoms with E-state index in [2.05, 4.69) is 31.5 Å². The minimum atomic E-state index is 0.247. The number of rotatable bonds is 5. The number of nitrogens with one attached hydrogen (secondary N) is 1. The minimum absolute atomic E-state index is 0.247. The van der Waals surface area contributed by atoms with Crippen molar-refractivity contribution >= 4 is 11.8 Å². The van der Waals surface area contributed by atoms with Crippen LogP contribution in [0.1, 0.15) is 31.9 Å². The summed E-state index contributed by atoms with van der Waals surface area (Å²) in [7, 11) is 1.70. The Morgan fingerprint density at radius 1 is 1.47 bits per heavy atom. The summed E-state index contributed by atoms with van der Waals surface area (Å²) in [5, 5.41) is 3.66. The zero-order chi connectivity index (χ0) is 13.9. The Balaban J connectivity index is 2.12. The van der Waals surface area contributed by atoms with Gasteiger partial charge in [-0.2, -0.15) is 11.8 Å². The number of hydrogen-bond donors (Lipinski definition) is 1. The second-order valence-corrected chi connectivity index (χ2v) is 6.95. The highest BCUT2D eigenvalue weighted by molar-refractivity contribution is 7.99. The van der Waals surface area contributed by atoms with Crippen LogP contribution in [-0.2, 0) is 0 Å². The van der Waals surface area contributed by atoms with Crippen molar-refractivity contribution in [2.45, 2.75) is 31.1 Å². The van der Waals surface area contributed by atoms with Gasteiger partial charge in [0.15, 0.2) is 0 Å². The van der Waals surface area contributed by atoms with Gasteiger partial charge in [0, 0.05) is 29.3 Å². The van der Waals surface area contributed by atoms with Crippen LogP contribution in [0, 0.1) is 0 Å². The molecular weight excluding hydrogens is 258 g/mol. The first-order valence-corrected chi connectivity index (χ1v) is 7.87. The summed E-state index contributed by atoms with van der Waals surface area (Å²) in [6.07, 6.45) is 3.16. The highest BCUT2D eigenvalue weighted by Crippen LogP contribution is 2.35. The first-order chi connectivity index (χ1) is 9.05. The van der Waals surface area contributed by atoms with E-state index in [4.69, 9.17) is 9.47 Å². The Labute approximate surface area is 120 Å². The Hall–Kier alpha value is -0.870. The fourth-order valence-corrected chi connectivity index (χ4v) is 2.38. The Kier molecular flexibility index (Phi) is 4.63. The lowest BCUT2D eigenvalue weighted by molar-refractivity contribution is 0.250. The molecule has 106 valence electrons. The van der Waals surface area contributed by atoms with Crippen LogP contribution in [0.3, 0.4) is 0 Å². The fraction of sp³-hybridized carbons (Fsp3) is 0.600. The lowest BCUT2D eigenvalue weighted by Gasteiger charge is -2.31. The van der Waals surface area contributed by atoms with E-state index in [9.17, 15) is 0 Å². The molecule has 3 nitrogen and oxygen atoms in total. The molecule has 0 bridgehead atoms. The molecule has 1 N–H and O–H groups in total. The van der Waals surface area contributed by atoms with Crippen molar-refractivity contribution in [2.24, 2.45) is 0 Å². The summed E-state index contributed by atoms with van der Waals surface area (Å²) in [5.74, 6) is 1.87. The molecule has 0 aliphatic carbocycles. The van der Waals surface area contributed by atoms with Gasteiger partial charge in [-0.1, -0.05) is 0 Å². The highest BCUT2D eigenvalue weighted by atomic mass is 32.2. The van der Waals surface area contributed by atoms with Crippen molar-refractivity contribution in [3.8, 4) is 11.5 Å². The molecule has 4 heteroatoms. The third-order valence-corrected chi connectivity index (χ3v) is 4.83. The standard InChI is InChI=1S/C15H23NO2S/c1-15(2,19-4)10-16-13-7-8-18-14-6-5-11(17-3)9-12(13)14/h5-6,9,13,16H,7-8,10H2,1-4H3. The van der Waals surface area contributed by atoms with Gasteiger partial charge >= 0.3 is 0 Å². The first kappa shape index (κ1) is 14.5. The van der Waals surface area contributed by atoms with Crippen LogP contribution < -0.4 is 14.8 Å². The van der Waals surface area contributed by atoms with Crippen molar-refractivity contribution < 1.29 is 9.47 Å². The quantitative estimate of drug-likeness (QED) is 0.897. The van der Waals surface area contributed by atoms with Crippen molar-refractivity contribution in [3.63, 3.8) is 0 Å². The van der Waals surface area contributed by atoms with E-state index in [0.29, 0.717) is 6.04 Å². The molecule has 1 unspecified atom stereocenters. The Morgan fingerprint density at radius 2 is 2.26 bits per heavy atom. The number of hydrogen-bond acceptors (Lipinski definition) is 4. The second kappa shape index (κ2) is 6.06. The van der Waals surface area contributed by atoms with E-state index in [1.165, 1.54) is 5.56 Å². The van der Waals surface area contributed by atoms with E-state index in [1.807, 2.05) is 23.9 Å². The van der Waals surface area contributed by atoms with Crippen LogP contribution in [0.4, 0.5) is 0 Å². The summed E-state index contributed by atoms with van der Waals surface area (Å²) in [6, 6.07) is 6.39. The molecule has 0 amide bonds. The Morgan fingerprint density at radius 3 is 2.95 bits per heavy atom. The van der Waals surface area contributed by atoms with Crippen molar-refractivity contribution in [3.05, 3.63) is 23.8 Å². The monoisotopic (exact) mass is 281 g/mol. The van der Waals surface area contributed by atoms with Gasteiger partial charge in [-0.3, -0.25) is 0 Å². The number of benzene rings is 1. The van der Waals surface area contributed by atoms with Crippen LogP contribution >= 0.6 is 11.8 Å². The van der Waals surface area contributed by atoms with E-state index in [0.717, 1.165) is 31.1 Å². The van der Waals surface area contributed by atoms with Gasteiger partial charge in [0.25, 0.3) is 0 Å². The van der Waals surface area contributed by atoms with Gasteiger partial charge in [0.2, 0.25) is 0 Å². The second-order valence-electron chi connectivity index (χ2n) is 5.44. The number of ether oxygens (including phenoxy) is 2. The SMILES string of the molecule is COc1ccc2c(c1)C(NCC(C)(C)SC)CCO2. The van der Waals surface area contributed by atoms with Crippen LogP contribution in [-0.4, -0.2) is 31.3 Å². The molecule has 0 saturated heterocycles. The third kappa shape index (κ3) is 3.57. The zero-order valence-corrected chi connectivity index (χ0v) is 13.0. The molecule has 19 heavy (non-hydrogen) atoms. The minimum Gasteiger partial charge on any atom is -0.497 e. The molecule has 1 aromatic rings. The third-order valence-electron chi connectivity index (χ3n) is 3.58. The summed E-state index contributed by atoms with van der Waals surface area (Å²) in [4.78, 5) is 0.